The second-order valence-corrected chi connectivity index (χ2v) is 8.52. The molecule has 1 saturated heterocycles. The first-order chi connectivity index (χ1) is 12.0. The Kier molecular flexibility index (Phi) is 6.57. The van der Waals surface area contributed by atoms with Crippen LogP contribution in [-0.4, -0.2) is 38.9 Å². The molecule has 10 heteroatoms. The molecule has 1 fully saturated rings. The van der Waals surface area contributed by atoms with Gasteiger partial charge >= 0.3 is 6.18 Å². The summed E-state index contributed by atoms with van der Waals surface area (Å²) in [5.41, 5.74) is -1.11. The van der Waals surface area contributed by atoms with E-state index in [2.05, 4.69) is 4.72 Å². The smallest absolute Gasteiger partial charge is 0.342 e. The maximum atomic E-state index is 12.8. The van der Waals surface area contributed by atoms with Gasteiger partial charge in [-0.3, -0.25) is 4.79 Å². The number of hydrogen-bond donors (Lipinski definition) is 1. The van der Waals surface area contributed by atoms with Crippen LogP contribution >= 0.6 is 11.6 Å². The molecule has 146 valence electrons. The minimum absolute atomic E-state index is 0.0669. The summed E-state index contributed by atoms with van der Waals surface area (Å²) < 4.78 is 65.0. The highest BCUT2D eigenvalue weighted by Crippen LogP contribution is 2.33. The quantitative estimate of drug-likeness (QED) is 0.807. The largest absolute Gasteiger partial charge is 0.416 e. The summed E-state index contributed by atoms with van der Waals surface area (Å²) in [6, 6.07) is 2.08. The van der Waals surface area contributed by atoms with Crippen molar-refractivity contribution in [3.8, 4) is 0 Å². The van der Waals surface area contributed by atoms with E-state index in [0.29, 0.717) is 31.1 Å². The van der Waals surface area contributed by atoms with E-state index in [-0.39, 0.29) is 23.9 Å². The van der Waals surface area contributed by atoms with E-state index in [1.54, 1.807) is 4.90 Å². The molecule has 0 spiro atoms. The van der Waals surface area contributed by atoms with Gasteiger partial charge in [-0.05, 0) is 37.0 Å². The van der Waals surface area contributed by atoms with Crippen LogP contribution in [0.15, 0.2) is 23.1 Å². The molecule has 1 heterocycles. The third kappa shape index (κ3) is 5.34. The Morgan fingerprint density at radius 2 is 2.08 bits per heavy atom. The number of alkyl halides is 3. The number of nitrogens with zero attached hydrogens (tertiary/aromatic N) is 1. The highest BCUT2D eigenvalue weighted by atomic mass is 35.5. The third-order valence-electron chi connectivity index (χ3n) is 4.19. The SMILES string of the molecule is CC1CCCN(C(=O)CCNS(=O)(=O)c2cc(C(F)(F)F)ccc2Cl)C1. The van der Waals surface area contributed by atoms with E-state index in [4.69, 9.17) is 11.6 Å². The number of carbonyl (C=O) groups is 1. The fourth-order valence-corrected chi connectivity index (χ4v) is 4.39. The molecule has 1 aliphatic heterocycles. The molecule has 1 aromatic rings. The van der Waals surface area contributed by atoms with Gasteiger partial charge in [-0.25, -0.2) is 13.1 Å². The average Bonchev–Trinajstić information content (AvgIpc) is 2.53. The topological polar surface area (TPSA) is 66.5 Å². The maximum Gasteiger partial charge on any atom is 0.416 e. The predicted molar refractivity (Wildman–Crippen MR) is 91.2 cm³/mol. The molecular formula is C16H20ClF3N2O3S. The first-order valence-electron chi connectivity index (χ1n) is 8.15. The summed E-state index contributed by atoms with van der Waals surface area (Å²) in [5.74, 6) is 0.211. The highest BCUT2D eigenvalue weighted by Gasteiger charge is 2.32. The number of benzene rings is 1. The molecule has 1 atom stereocenters. The number of sulfonamides is 1. The molecule has 5 nitrogen and oxygen atoms in total. The Bertz CT molecular complexity index is 768. The van der Waals surface area contributed by atoms with Crippen LogP contribution in [0.25, 0.3) is 0 Å². The molecular weight excluding hydrogens is 393 g/mol. The highest BCUT2D eigenvalue weighted by molar-refractivity contribution is 7.89. The number of hydrogen-bond acceptors (Lipinski definition) is 3. The van der Waals surface area contributed by atoms with E-state index in [1.165, 1.54) is 0 Å². The van der Waals surface area contributed by atoms with Crippen LogP contribution in [0.4, 0.5) is 13.2 Å². The zero-order valence-corrected chi connectivity index (χ0v) is 15.7. The van der Waals surface area contributed by atoms with Gasteiger partial charge in [0.15, 0.2) is 0 Å². The van der Waals surface area contributed by atoms with Gasteiger partial charge in [0.25, 0.3) is 0 Å². The molecule has 1 N–H and O–H groups in total. The Hall–Kier alpha value is -1.32. The first kappa shape index (κ1) is 21.0. The molecule has 0 bridgehead atoms. The van der Waals surface area contributed by atoms with E-state index in [0.717, 1.165) is 18.9 Å². The first-order valence-corrected chi connectivity index (χ1v) is 10.0. The van der Waals surface area contributed by atoms with Crippen molar-refractivity contribution in [2.24, 2.45) is 5.92 Å². The lowest BCUT2D eigenvalue weighted by atomic mass is 10.0. The fraction of sp³-hybridized carbons (Fsp3) is 0.562. The van der Waals surface area contributed by atoms with Crippen LogP contribution in [0.2, 0.25) is 5.02 Å². The van der Waals surface area contributed by atoms with Crippen molar-refractivity contribution in [2.75, 3.05) is 19.6 Å². The van der Waals surface area contributed by atoms with Gasteiger partial charge in [-0.1, -0.05) is 18.5 Å². The van der Waals surface area contributed by atoms with Gasteiger partial charge < -0.3 is 4.90 Å². The van der Waals surface area contributed by atoms with Crippen LogP contribution in [-0.2, 0) is 21.0 Å². The molecule has 1 aliphatic rings. The minimum atomic E-state index is -4.68. The summed E-state index contributed by atoms with van der Waals surface area (Å²) >= 11 is 5.75. The molecule has 1 amide bonds. The van der Waals surface area contributed by atoms with Gasteiger partial charge in [0.05, 0.1) is 10.6 Å². The zero-order valence-electron chi connectivity index (χ0n) is 14.1. The van der Waals surface area contributed by atoms with Crippen molar-refractivity contribution in [3.05, 3.63) is 28.8 Å². The molecule has 26 heavy (non-hydrogen) atoms. The van der Waals surface area contributed by atoms with Crippen molar-refractivity contribution in [1.82, 2.24) is 9.62 Å². The Morgan fingerprint density at radius 3 is 2.69 bits per heavy atom. The van der Waals surface area contributed by atoms with Crippen LogP contribution in [0.1, 0.15) is 31.7 Å². The lowest BCUT2D eigenvalue weighted by Crippen LogP contribution is -2.40. The summed E-state index contributed by atoms with van der Waals surface area (Å²) in [5, 5.41) is -0.318. The predicted octanol–water partition coefficient (Wildman–Crippen LogP) is 3.29. The summed E-state index contributed by atoms with van der Waals surface area (Å²) in [4.78, 5) is 13.2. The van der Waals surface area contributed by atoms with Crippen molar-refractivity contribution >= 4 is 27.5 Å². The van der Waals surface area contributed by atoms with Gasteiger partial charge in [0, 0.05) is 26.1 Å². The lowest BCUT2D eigenvalue weighted by molar-refractivity contribution is -0.137. The van der Waals surface area contributed by atoms with Gasteiger partial charge in [0.1, 0.15) is 4.90 Å². The van der Waals surface area contributed by atoms with E-state index in [1.807, 2.05) is 6.92 Å². The standard InChI is InChI=1S/C16H20ClF3N2O3S/c1-11-3-2-8-22(10-11)15(23)6-7-21-26(24,25)14-9-12(16(18,19)20)4-5-13(14)17/h4-5,9,11,21H,2-3,6-8,10H2,1H3. The van der Waals surface area contributed by atoms with Crippen LogP contribution in [0.3, 0.4) is 0 Å². The average molecular weight is 413 g/mol. The summed E-state index contributed by atoms with van der Waals surface area (Å²) in [6.45, 7) is 3.09. The molecule has 0 saturated carbocycles. The number of nitrogens with one attached hydrogen (secondary N) is 1. The summed E-state index contributed by atoms with van der Waals surface area (Å²) in [7, 11) is -4.26. The van der Waals surface area contributed by atoms with Crippen LogP contribution in [0, 0.1) is 5.92 Å². The van der Waals surface area contributed by atoms with Crippen LogP contribution < -0.4 is 4.72 Å². The van der Waals surface area contributed by atoms with E-state index >= 15 is 0 Å². The zero-order chi connectivity index (χ0) is 19.5. The molecule has 1 unspecified atom stereocenters. The normalized spacial score (nSPS) is 18.8. The second-order valence-electron chi connectivity index (χ2n) is 6.38. The number of halogens is 4. The summed E-state index contributed by atoms with van der Waals surface area (Å²) in [6.07, 6.45) is -2.80. The third-order valence-corrected chi connectivity index (χ3v) is 6.13. The van der Waals surface area contributed by atoms with Crippen LogP contribution in [0.5, 0.6) is 0 Å². The number of carbonyl (C=O) groups excluding carboxylic acids is 1. The van der Waals surface area contributed by atoms with E-state index < -0.39 is 26.7 Å². The van der Waals surface area contributed by atoms with Crippen molar-refractivity contribution in [1.29, 1.82) is 0 Å². The monoisotopic (exact) mass is 412 g/mol. The molecule has 2 rings (SSSR count). The van der Waals surface area contributed by atoms with Gasteiger partial charge in [-0.15, -0.1) is 0 Å². The Labute approximate surface area is 155 Å². The molecule has 1 aromatic carbocycles. The van der Waals surface area contributed by atoms with Gasteiger partial charge in [-0.2, -0.15) is 13.2 Å². The number of amides is 1. The second kappa shape index (κ2) is 8.14. The number of piperidine rings is 1. The van der Waals surface area contributed by atoms with Crippen molar-refractivity contribution < 1.29 is 26.4 Å². The Morgan fingerprint density at radius 1 is 1.38 bits per heavy atom. The van der Waals surface area contributed by atoms with Gasteiger partial charge in [0.2, 0.25) is 15.9 Å². The molecule has 0 aromatic heterocycles. The molecule has 0 aliphatic carbocycles. The lowest BCUT2D eigenvalue weighted by Gasteiger charge is -2.31. The van der Waals surface area contributed by atoms with Crippen molar-refractivity contribution in [2.45, 2.75) is 37.3 Å². The number of likely N-dealkylation sites (tertiary alicyclic amines) is 1. The Balaban J connectivity index is 2.02. The molecule has 0 radical (unpaired) electrons. The van der Waals surface area contributed by atoms with E-state index in [9.17, 15) is 26.4 Å². The fourth-order valence-electron chi connectivity index (χ4n) is 2.83. The number of rotatable bonds is 5. The van der Waals surface area contributed by atoms with Crippen molar-refractivity contribution in [3.63, 3.8) is 0 Å². The minimum Gasteiger partial charge on any atom is -0.342 e. The maximum absolute atomic E-state index is 12.8.